The van der Waals surface area contributed by atoms with Gasteiger partial charge in [0.25, 0.3) is 0 Å². The number of ketones is 1. The predicted octanol–water partition coefficient (Wildman–Crippen LogP) is 4.29. The highest BCUT2D eigenvalue weighted by molar-refractivity contribution is 7.10. The fourth-order valence-electron chi connectivity index (χ4n) is 4.30. The van der Waals surface area contributed by atoms with E-state index in [-0.39, 0.29) is 11.7 Å². The summed E-state index contributed by atoms with van der Waals surface area (Å²) >= 11 is 1.68. The number of dihydropyridines is 1. The Kier molecular flexibility index (Phi) is 5.28. The van der Waals surface area contributed by atoms with Gasteiger partial charge in [-0.25, -0.2) is 4.79 Å². The molecule has 2 aromatic rings. The summed E-state index contributed by atoms with van der Waals surface area (Å²) in [5.74, 6) is 0.0176. The quantitative estimate of drug-likeness (QED) is 0.763. The molecule has 1 aliphatic heterocycles. The van der Waals surface area contributed by atoms with Crippen molar-refractivity contribution in [2.75, 3.05) is 14.2 Å². The van der Waals surface area contributed by atoms with Crippen LogP contribution in [-0.4, -0.2) is 26.0 Å². The molecular formula is C23H23NO4S. The Morgan fingerprint density at radius 1 is 1.17 bits per heavy atom. The number of ether oxygens (including phenoxy) is 2. The molecule has 0 bridgehead atoms. The molecule has 2 heterocycles. The Morgan fingerprint density at radius 2 is 2.00 bits per heavy atom. The van der Waals surface area contributed by atoms with Gasteiger partial charge >= 0.3 is 5.97 Å². The molecule has 6 heteroatoms. The van der Waals surface area contributed by atoms with Gasteiger partial charge in [0.1, 0.15) is 5.75 Å². The van der Waals surface area contributed by atoms with Gasteiger partial charge in [-0.1, -0.05) is 18.2 Å². The second-order valence-corrected chi connectivity index (χ2v) is 8.28. The third-order valence-electron chi connectivity index (χ3n) is 5.61. The number of hydrogen-bond acceptors (Lipinski definition) is 6. The number of thiophene rings is 1. The van der Waals surface area contributed by atoms with Crippen molar-refractivity contribution in [3.8, 4) is 5.75 Å². The third-order valence-corrected chi connectivity index (χ3v) is 6.64. The number of hydrogen-bond donors (Lipinski definition) is 1. The number of methoxy groups -OCH3 is 2. The maximum Gasteiger partial charge on any atom is 0.336 e. The highest BCUT2D eigenvalue weighted by Gasteiger charge is 2.41. The molecule has 1 aliphatic carbocycles. The predicted molar refractivity (Wildman–Crippen MR) is 112 cm³/mol. The Bertz CT molecular complexity index is 1020. The van der Waals surface area contributed by atoms with E-state index in [1.807, 2.05) is 42.6 Å². The third kappa shape index (κ3) is 3.49. The molecule has 0 unspecified atom stereocenters. The van der Waals surface area contributed by atoms with Crippen molar-refractivity contribution in [1.29, 1.82) is 0 Å². The van der Waals surface area contributed by atoms with Crippen LogP contribution in [0.2, 0.25) is 0 Å². The lowest BCUT2D eigenvalue weighted by atomic mass is 9.72. The highest BCUT2D eigenvalue weighted by atomic mass is 32.1. The van der Waals surface area contributed by atoms with Crippen LogP contribution in [0.4, 0.5) is 0 Å². The van der Waals surface area contributed by atoms with Crippen LogP contribution in [0.3, 0.4) is 0 Å². The van der Waals surface area contributed by atoms with E-state index in [9.17, 15) is 9.59 Å². The molecule has 1 aromatic carbocycles. The maximum absolute atomic E-state index is 13.3. The lowest BCUT2D eigenvalue weighted by molar-refractivity contribution is -0.136. The first-order valence-electron chi connectivity index (χ1n) is 9.53. The molecule has 150 valence electrons. The molecule has 4 rings (SSSR count). The van der Waals surface area contributed by atoms with Crippen LogP contribution in [0.5, 0.6) is 5.75 Å². The number of carbonyl (C=O) groups excluding carboxylic acids is 2. The van der Waals surface area contributed by atoms with E-state index in [0.717, 1.165) is 23.4 Å². The number of allylic oxidation sites excluding steroid dienone is 3. The van der Waals surface area contributed by atoms with Crippen LogP contribution in [0.25, 0.3) is 0 Å². The van der Waals surface area contributed by atoms with Crippen molar-refractivity contribution in [3.05, 3.63) is 74.8 Å². The van der Waals surface area contributed by atoms with Crippen molar-refractivity contribution in [2.45, 2.75) is 31.6 Å². The molecule has 2 aliphatic rings. The minimum atomic E-state index is -0.467. The molecule has 1 N–H and O–H groups in total. The average molecular weight is 410 g/mol. The fraction of sp³-hybridized carbons (Fsp3) is 0.304. The molecule has 0 saturated carbocycles. The molecule has 29 heavy (non-hydrogen) atoms. The summed E-state index contributed by atoms with van der Waals surface area (Å²) in [6.07, 6.45) is 1.18. The topological polar surface area (TPSA) is 64.6 Å². The van der Waals surface area contributed by atoms with Gasteiger partial charge in [-0.15, -0.1) is 11.3 Å². The van der Waals surface area contributed by atoms with E-state index in [0.29, 0.717) is 23.3 Å². The number of Topliss-reactive ketones (excluding diaryl/α,β-unsaturated/α-hetero) is 1. The van der Waals surface area contributed by atoms with E-state index in [4.69, 9.17) is 9.47 Å². The summed E-state index contributed by atoms with van der Waals surface area (Å²) in [6.45, 7) is 1.86. The van der Waals surface area contributed by atoms with Gasteiger partial charge in [0.2, 0.25) is 0 Å². The van der Waals surface area contributed by atoms with Crippen LogP contribution in [0.15, 0.2) is 64.3 Å². The van der Waals surface area contributed by atoms with Gasteiger partial charge in [-0.05, 0) is 42.5 Å². The Hall–Kier alpha value is -2.86. The standard InChI is InChI=1S/C23H23NO4S/c1-13-20(23(26)28-3)21(14-6-4-7-16(10-14)27-2)22-17(24-13)11-15(12-18(22)25)19-8-5-9-29-19/h4-10,15,21,24H,11-12H2,1-3H3/t15-,21-/m0/s1. The lowest BCUT2D eigenvalue weighted by Gasteiger charge is -2.36. The SMILES string of the molecule is COC(=O)C1=C(C)NC2=C(C(=O)C[C@@H](c3cccs3)C2)[C@H]1c1cccc(OC)c1. The number of esters is 1. The van der Waals surface area contributed by atoms with Crippen molar-refractivity contribution in [2.24, 2.45) is 0 Å². The molecule has 5 nitrogen and oxygen atoms in total. The van der Waals surface area contributed by atoms with Crippen LogP contribution in [-0.2, 0) is 14.3 Å². The van der Waals surface area contributed by atoms with Crippen molar-refractivity contribution in [1.82, 2.24) is 5.32 Å². The van der Waals surface area contributed by atoms with Gasteiger partial charge in [0.15, 0.2) is 5.78 Å². The Labute approximate surface area is 174 Å². The lowest BCUT2D eigenvalue weighted by Crippen LogP contribution is -2.35. The van der Waals surface area contributed by atoms with Crippen molar-refractivity contribution >= 4 is 23.1 Å². The van der Waals surface area contributed by atoms with Crippen LogP contribution in [0, 0.1) is 0 Å². The van der Waals surface area contributed by atoms with Gasteiger partial charge in [0.05, 0.1) is 19.8 Å². The van der Waals surface area contributed by atoms with Crippen molar-refractivity contribution < 1.29 is 19.1 Å². The number of rotatable bonds is 4. The molecular weight excluding hydrogens is 386 g/mol. The van der Waals surface area contributed by atoms with Gasteiger partial charge in [-0.2, -0.15) is 0 Å². The Morgan fingerprint density at radius 3 is 2.69 bits per heavy atom. The smallest absolute Gasteiger partial charge is 0.336 e. The normalized spacial score (nSPS) is 21.6. The second kappa shape index (κ2) is 7.87. The number of carbonyl (C=O) groups is 2. The zero-order valence-corrected chi connectivity index (χ0v) is 17.5. The molecule has 2 atom stereocenters. The van der Waals surface area contributed by atoms with E-state index >= 15 is 0 Å². The molecule has 0 spiro atoms. The monoisotopic (exact) mass is 409 g/mol. The van der Waals surface area contributed by atoms with Gasteiger partial charge < -0.3 is 14.8 Å². The largest absolute Gasteiger partial charge is 0.497 e. The summed E-state index contributed by atoms with van der Waals surface area (Å²) < 4.78 is 10.4. The molecule has 0 amide bonds. The zero-order chi connectivity index (χ0) is 20.5. The van der Waals surface area contributed by atoms with E-state index in [2.05, 4.69) is 11.4 Å². The Balaban J connectivity index is 1.83. The first-order valence-corrected chi connectivity index (χ1v) is 10.4. The van der Waals surface area contributed by atoms with Crippen LogP contribution < -0.4 is 10.1 Å². The molecule has 0 saturated heterocycles. The summed E-state index contributed by atoms with van der Waals surface area (Å²) in [5.41, 5.74) is 3.61. The second-order valence-electron chi connectivity index (χ2n) is 7.30. The summed E-state index contributed by atoms with van der Waals surface area (Å²) in [6, 6.07) is 11.6. The number of nitrogens with one attached hydrogen (secondary N) is 1. The minimum Gasteiger partial charge on any atom is -0.497 e. The fourth-order valence-corrected chi connectivity index (χ4v) is 5.13. The minimum absolute atomic E-state index is 0.0684. The van der Waals surface area contributed by atoms with E-state index < -0.39 is 11.9 Å². The van der Waals surface area contributed by atoms with Gasteiger partial charge in [-0.3, -0.25) is 4.79 Å². The number of benzene rings is 1. The summed E-state index contributed by atoms with van der Waals surface area (Å²) in [5, 5.41) is 5.38. The molecule has 0 radical (unpaired) electrons. The van der Waals surface area contributed by atoms with Gasteiger partial charge in [0, 0.05) is 40.1 Å². The first-order chi connectivity index (χ1) is 14.0. The zero-order valence-electron chi connectivity index (χ0n) is 16.7. The summed E-state index contributed by atoms with van der Waals surface area (Å²) in [4.78, 5) is 27.2. The molecule has 0 fully saturated rings. The van der Waals surface area contributed by atoms with Crippen molar-refractivity contribution in [3.63, 3.8) is 0 Å². The summed E-state index contributed by atoms with van der Waals surface area (Å²) in [7, 11) is 2.97. The van der Waals surface area contributed by atoms with E-state index in [1.54, 1.807) is 18.4 Å². The van der Waals surface area contributed by atoms with E-state index in [1.165, 1.54) is 12.0 Å². The van der Waals surface area contributed by atoms with Crippen LogP contribution >= 0.6 is 11.3 Å². The highest BCUT2D eigenvalue weighted by Crippen LogP contribution is 2.46. The average Bonchev–Trinajstić information content (AvgIpc) is 3.27. The maximum atomic E-state index is 13.3. The first kappa shape index (κ1) is 19.5. The van der Waals surface area contributed by atoms with Crippen LogP contribution in [0.1, 0.15) is 42.0 Å². The molecule has 1 aromatic heterocycles.